The Labute approximate surface area is 223 Å². The number of nitrogens with zero attached hydrogens (tertiary/aromatic N) is 2. The van der Waals surface area contributed by atoms with E-state index in [1.54, 1.807) is 0 Å². The van der Waals surface area contributed by atoms with E-state index in [-0.39, 0.29) is 30.9 Å². The molecule has 190 valence electrons. The number of likely N-dealkylation sites (N-methyl/N-ethyl adjacent to an activating group) is 1. The largest absolute Gasteiger partial charge is 0.490 e. The zero-order valence-corrected chi connectivity index (χ0v) is 22.6. The molecule has 0 amide bonds. The number of benzene rings is 3. The first-order chi connectivity index (χ1) is 16.2. The van der Waals surface area contributed by atoms with Crippen LogP contribution in [-0.2, 0) is 6.42 Å². The third-order valence-electron chi connectivity index (χ3n) is 6.48. The van der Waals surface area contributed by atoms with Gasteiger partial charge in [0.05, 0.1) is 19.3 Å². The van der Waals surface area contributed by atoms with Gasteiger partial charge in [-0.05, 0) is 56.1 Å². The minimum absolute atomic E-state index is 0. The van der Waals surface area contributed by atoms with Crippen LogP contribution in [0.25, 0.3) is 0 Å². The quantitative estimate of drug-likeness (QED) is 0.334. The second kappa shape index (κ2) is 14.4. The van der Waals surface area contributed by atoms with Crippen molar-refractivity contribution in [3.63, 3.8) is 0 Å². The summed E-state index contributed by atoms with van der Waals surface area (Å²) in [4.78, 5) is 5.15. The van der Waals surface area contributed by atoms with Crippen LogP contribution in [0.4, 0.5) is 0 Å². The smallest absolute Gasteiger partial charge is 0.161 e. The summed E-state index contributed by atoms with van der Waals surface area (Å²) in [5.41, 5.74) is 4.00. The van der Waals surface area contributed by atoms with Crippen molar-refractivity contribution in [2.24, 2.45) is 0 Å². The molecular weight excluding hydrogens is 479 g/mol. The number of ether oxygens (including phenoxy) is 2. The van der Waals surface area contributed by atoms with Crippen molar-refractivity contribution in [3.05, 3.63) is 95.6 Å². The van der Waals surface area contributed by atoms with Gasteiger partial charge in [0, 0.05) is 25.7 Å². The SMILES string of the molecule is CCOc1ccc(CC2CN(C(c3ccccc3)c3ccccc3)CCN2C)cc1OCC.Cl.Cl. The van der Waals surface area contributed by atoms with E-state index >= 15 is 0 Å². The summed E-state index contributed by atoms with van der Waals surface area (Å²) in [5.74, 6) is 1.67. The Balaban J connectivity index is 0.00000216. The van der Waals surface area contributed by atoms with E-state index < -0.39 is 0 Å². The molecule has 1 heterocycles. The van der Waals surface area contributed by atoms with Crippen LogP contribution in [0.5, 0.6) is 11.5 Å². The van der Waals surface area contributed by atoms with E-state index in [2.05, 4.69) is 95.7 Å². The van der Waals surface area contributed by atoms with E-state index in [0.29, 0.717) is 19.3 Å². The van der Waals surface area contributed by atoms with Crippen LogP contribution in [0.1, 0.15) is 36.6 Å². The Kier molecular flexibility index (Phi) is 11.9. The first kappa shape index (κ1) is 29.0. The monoisotopic (exact) mass is 516 g/mol. The predicted octanol–water partition coefficient (Wildman–Crippen LogP) is 6.28. The molecule has 1 aliphatic rings. The summed E-state index contributed by atoms with van der Waals surface area (Å²) in [6, 6.07) is 28.9. The minimum atomic E-state index is 0. The summed E-state index contributed by atoms with van der Waals surface area (Å²) < 4.78 is 11.6. The zero-order chi connectivity index (χ0) is 23.0. The summed E-state index contributed by atoms with van der Waals surface area (Å²) in [7, 11) is 2.25. The molecule has 1 saturated heterocycles. The maximum Gasteiger partial charge on any atom is 0.161 e. The Morgan fingerprint density at radius 1 is 0.771 bits per heavy atom. The van der Waals surface area contributed by atoms with Crippen molar-refractivity contribution in [2.75, 3.05) is 39.9 Å². The molecule has 1 aliphatic heterocycles. The molecule has 0 aromatic heterocycles. The van der Waals surface area contributed by atoms with E-state index in [0.717, 1.165) is 37.6 Å². The summed E-state index contributed by atoms with van der Waals surface area (Å²) in [5, 5.41) is 0. The molecule has 0 bridgehead atoms. The van der Waals surface area contributed by atoms with Gasteiger partial charge in [0.2, 0.25) is 0 Å². The highest BCUT2D eigenvalue weighted by Gasteiger charge is 2.30. The number of hydrogen-bond donors (Lipinski definition) is 0. The van der Waals surface area contributed by atoms with Gasteiger partial charge in [-0.25, -0.2) is 0 Å². The first-order valence-electron chi connectivity index (χ1n) is 12.1. The Morgan fingerprint density at radius 3 is 1.91 bits per heavy atom. The van der Waals surface area contributed by atoms with Crippen molar-refractivity contribution in [3.8, 4) is 11.5 Å². The Morgan fingerprint density at radius 2 is 1.34 bits per heavy atom. The van der Waals surface area contributed by atoms with Gasteiger partial charge in [0.1, 0.15) is 0 Å². The molecule has 1 fully saturated rings. The van der Waals surface area contributed by atoms with Crippen molar-refractivity contribution in [1.82, 2.24) is 9.80 Å². The lowest BCUT2D eigenvalue weighted by molar-refractivity contribution is 0.0752. The van der Waals surface area contributed by atoms with E-state index in [9.17, 15) is 0 Å². The lowest BCUT2D eigenvalue weighted by atomic mass is 9.94. The molecule has 3 aromatic carbocycles. The molecule has 35 heavy (non-hydrogen) atoms. The fourth-order valence-electron chi connectivity index (χ4n) is 4.80. The molecular formula is C29H38Cl2N2O2. The number of hydrogen-bond acceptors (Lipinski definition) is 4. The van der Waals surface area contributed by atoms with Crippen LogP contribution in [0.15, 0.2) is 78.9 Å². The first-order valence-corrected chi connectivity index (χ1v) is 12.1. The van der Waals surface area contributed by atoms with Gasteiger partial charge in [-0.1, -0.05) is 66.7 Å². The molecule has 1 atom stereocenters. The van der Waals surface area contributed by atoms with Crippen LogP contribution in [0.3, 0.4) is 0 Å². The maximum atomic E-state index is 5.87. The van der Waals surface area contributed by atoms with Gasteiger partial charge in [0.25, 0.3) is 0 Å². The molecule has 0 radical (unpaired) electrons. The molecule has 4 nitrogen and oxygen atoms in total. The fourth-order valence-corrected chi connectivity index (χ4v) is 4.80. The van der Waals surface area contributed by atoms with Crippen LogP contribution in [0.2, 0.25) is 0 Å². The van der Waals surface area contributed by atoms with Gasteiger partial charge in [0.15, 0.2) is 11.5 Å². The Hall–Kier alpha value is -2.24. The summed E-state index contributed by atoms with van der Waals surface area (Å²) in [6.07, 6.45) is 0.982. The molecule has 3 aromatic rings. The predicted molar refractivity (Wildman–Crippen MR) is 150 cm³/mol. The number of rotatable bonds is 9. The zero-order valence-electron chi connectivity index (χ0n) is 20.9. The van der Waals surface area contributed by atoms with E-state index in [1.165, 1.54) is 16.7 Å². The highest BCUT2D eigenvalue weighted by molar-refractivity contribution is 5.85. The Bertz CT molecular complexity index is 965. The molecule has 0 saturated carbocycles. The van der Waals surface area contributed by atoms with Gasteiger partial charge in [-0.3, -0.25) is 4.90 Å². The molecule has 6 heteroatoms. The van der Waals surface area contributed by atoms with Crippen molar-refractivity contribution >= 4 is 24.8 Å². The van der Waals surface area contributed by atoms with Crippen LogP contribution in [-0.4, -0.2) is 55.7 Å². The number of piperazine rings is 1. The lowest BCUT2D eigenvalue weighted by Gasteiger charge is -2.43. The van der Waals surface area contributed by atoms with Crippen molar-refractivity contribution in [2.45, 2.75) is 32.4 Å². The second-order valence-electron chi connectivity index (χ2n) is 8.70. The summed E-state index contributed by atoms with van der Waals surface area (Å²) in [6.45, 7) is 8.41. The van der Waals surface area contributed by atoms with E-state index in [4.69, 9.17) is 9.47 Å². The summed E-state index contributed by atoms with van der Waals surface area (Å²) >= 11 is 0. The highest BCUT2D eigenvalue weighted by atomic mass is 35.5. The van der Waals surface area contributed by atoms with Gasteiger partial charge >= 0.3 is 0 Å². The average Bonchev–Trinajstić information content (AvgIpc) is 2.84. The molecule has 1 unspecified atom stereocenters. The van der Waals surface area contributed by atoms with E-state index in [1.807, 2.05) is 13.8 Å². The fraction of sp³-hybridized carbons (Fsp3) is 0.379. The van der Waals surface area contributed by atoms with Crippen LogP contribution >= 0.6 is 24.8 Å². The average molecular weight is 518 g/mol. The minimum Gasteiger partial charge on any atom is -0.490 e. The van der Waals surface area contributed by atoms with Gasteiger partial charge in [-0.15, -0.1) is 24.8 Å². The van der Waals surface area contributed by atoms with Crippen molar-refractivity contribution < 1.29 is 9.47 Å². The third kappa shape index (κ3) is 7.37. The topological polar surface area (TPSA) is 24.9 Å². The van der Waals surface area contributed by atoms with Crippen LogP contribution < -0.4 is 9.47 Å². The number of halogens is 2. The lowest BCUT2D eigenvalue weighted by Crippen LogP contribution is -2.53. The normalized spacial score (nSPS) is 16.3. The van der Waals surface area contributed by atoms with Gasteiger partial charge in [-0.2, -0.15) is 0 Å². The molecule has 0 spiro atoms. The van der Waals surface area contributed by atoms with Crippen LogP contribution in [0, 0.1) is 0 Å². The molecule has 0 aliphatic carbocycles. The highest BCUT2D eigenvalue weighted by Crippen LogP contribution is 2.32. The third-order valence-corrected chi connectivity index (χ3v) is 6.48. The van der Waals surface area contributed by atoms with Crippen molar-refractivity contribution in [1.29, 1.82) is 0 Å². The van der Waals surface area contributed by atoms with Gasteiger partial charge < -0.3 is 14.4 Å². The molecule has 0 N–H and O–H groups in total. The maximum absolute atomic E-state index is 5.87. The second-order valence-corrected chi connectivity index (χ2v) is 8.70. The molecule has 4 rings (SSSR count). The standard InChI is InChI=1S/C29H36N2O2.2ClH/c1-4-32-27-17-16-23(21-28(27)33-5-2)20-26-22-31(19-18-30(26)3)29(24-12-8-6-9-13-24)25-14-10-7-11-15-25;;/h6-17,21,26,29H,4-5,18-20,22H2,1-3H3;2*1H.